The van der Waals surface area contributed by atoms with Crippen molar-refractivity contribution in [2.24, 2.45) is 5.73 Å². The standard InChI is InChI=1S/C18H19FN2O4S.ClH/c1-25-18(22)14-8-7-13(19)9-17(14)26(23,24)21-10-15(16(20)11-21)12-5-3-2-4-6-12;/h2-9,15-16H,10-11,20H2,1H3;1H/t15-,16+;/m0./s1. The highest BCUT2D eigenvalue weighted by Crippen LogP contribution is 2.32. The van der Waals surface area contributed by atoms with E-state index >= 15 is 0 Å². The highest BCUT2D eigenvalue weighted by Gasteiger charge is 2.39. The second kappa shape index (κ2) is 8.35. The molecule has 1 heterocycles. The van der Waals surface area contributed by atoms with Gasteiger partial charge < -0.3 is 10.5 Å². The SMILES string of the molecule is COC(=O)c1ccc(F)cc1S(=O)(=O)N1C[C@@H](N)[C@H](c2ccccc2)C1.Cl. The summed E-state index contributed by atoms with van der Waals surface area (Å²) >= 11 is 0. The lowest BCUT2D eigenvalue weighted by atomic mass is 9.95. The van der Waals surface area contributed by atoms with Crippen LogP contribution in [0.1, 0.15) is 21.8 Å². The van der Waals surface area contributed by atoms with Gasteiger partial charge >= 0.3 is 5.97 Å². The van der Waals surface area contributed by atoms with Crippen molar-refractivity contribution in [3.8, 4) is 0 Å². The van der Waals surface area contributed by atoms with Crippen LogP contribution in [0.2, 0.25) is 0 Å². The first-order valence-corrected chi connectivity index (χ1v) is 9.47. The second-order valence-corrected chi connectivity index (χ2v) is 8.04. The monoisotopic (exact) mass is 414 g/mol. The van der Waals surface area contributed by atoms with Gasteiger partial charge in [-0.3, -0.25) is 0 Å². The lowest BCUT2D eigenvalue weighted by Gasteiger charge is -2.18. The minimum atomic E-state index is -4.11. The highest BCUT2D eigenvalue weighted by molar-refractivity contribution is 7.89. The van der Waals surface area contributed by atoms with Crippen LogP contribution >= 0.6 is 12.4 Å². The van der Waals surface area contributed by atoms with Gasteiger partial charge in [0.2, 0.25) is 10.0 Å². The zero-order valence-corrected chi connectivity index (χ0v) is 16.2. The fourth-order valence-electron chi connectivity index (χ4n) is 3.17. The predicted octanol–water partition coefficient (Wildman–Crippen LogP) is 2.15. The maximum atomic E-state index is 13.7. The van der Waals surface area contributed by atoms with Crippen molar-refractivity contribution in [2.45, 2.75) is 16.9 Å². The first kappa shape index (κ1) is 21.3. The molecule has 3 rings (SSSR count). The first-order valence-electron chi connectivity index (χ1n) is 8.03. The van der Waals surface area contributed by atoms with Crippen LogP contribution in [-0.4, -0.2) is 44.9 Å². The Bertz CT molecular complexity index is 924. The van der Waals surface area contributed by atoms with E-state index < -0.39 is 32.7 Å². The Kier molecular flexibility index (Phi) is 6.59. The molecule has 27 heavy (non-hydrogen) atoms. The van der Waals surface area contributed by atoms with Gasteiger partial charge in [0.1, 0.15) is 5.82 Å². The van der Waals surface area contributed by atoms with Crippen molar-refractivity contribution >= 4 is 28.4 Å². The number of hydrogen-bond donors (Lipinski definition) is 1. The maximum absolute atomic E-state index is 13.7. The molecular formula is C18H20ClFN2O4S. The van der Waals surface area contributed by atoms with E-state index in [-0.39, 0.29) is 37.0 Å². The zero-order chi connectivity index (χ0) is 18.9. The summed E-state index contributed by atoms with van der Waals surface area (Å²) in [6.45, 7) is 0.240. The lowest BCUT2D eigenvalue weighted by Crippen LogP contribution is -2.33. The van der Waals surface area contributed by atoms with Gasteiger partial charge in [-0.15, -0.1) is 12.4 Å². The molecule has 2 aromatic carbocycles. The van der Waals surface area contributed by atoms with E-state index in [9.17, 15) is 17.6 Å². The number of hydrogen-bond acceptors (Lipinski definition) is 5. The fraction of sp³-hybridized carbons (Fsp3) is 0.278. The predicted molar refractivity (Wildman–Crippen MR) is 101 cm³/mol. The number of esters is 1. The number of benzene rings is 2. The number of ether oxygens (including phenoxy) is 1. The molecular weight excluding hydrogens is 395 g/mol. The van der Waals surface area contributed by atoms with Crippen molar-refractivity contribution in [3.05, 3.63) is 65.5 Å². The number of halogens is 2. The molecule has 0 bridgehead atoms. The Morgan fingerprint density at radius 1 is 1.19 bits per heavy atom. The number of sulfonamides is 1. The van der Waals surface area contributed by atoms with Gasteiger partial charge in [0.25, 0.3) is 0 Å². The van der Waals surface area contributed by atoms with Crippen molar-refractivity contribution < 1.29 is 22.3 Å². The van der Waals surface area contributed by atoms with Crippen LogP contribution in [-0.2, 0) is 14.8 Å². The molecule has 0 radical (unpaired) electrons. The molecule has 0 spiro atoms. The van der Waals surface area contributed by atoms with Crippen LogP contribution in [0, 0.1) is 5.82 Å². The molecule has 0 unspecified atom stereocenters. The molecule has 0 amide bonds. The third-order valence-corrected chi connectivity index (χ3v) is 6.40. The van der Waals surface area contributed by atoms with E-state index in [2.05, 4.69) is 4.74 Å². The molecule has 1 aliphatic rings. The highest BCUT2D eigenvalue weighted by atomic mass is 35.5. The third kappa shape index (κ3) is 4.14. The van der Waals surface area contributed by atoms with Gasteiger partial charge in [-0.2, -0.15) is 4.31 Å². The minimum Gasteiger partial charge on any atom is -0.465 e. The van der Waals surface area contributed by atoms with Crippen LogP contribution < -0.4 is 5.73 Å². The van der Waals surface area contributed by atoms with Crippen LogP contribution in [0.5, 0.6) is 0 Å². The topological polar surface area (TPSA) is 89.7 Å². The summed E-state index contributed by atoms with van der Waals surface area (Å²) in [5, 5.41) is 0. The van der Waals surface area contributed by atoms with E-state index in [1.807, 2.05) is 30.3 Å². The van der Waals surface area contributed by atoms with Gasteiger partial charge in [-0.05, 0) is 23.8 Å². The Balaban J connectivity index is 0.00000261. The molecule has 2 aromatic rings. The zero-order valence-electron chi connectivity index (χ0n) is 14.5. The fourth-order valence-corrected chi connectivity index (χ4v) is 4.86. The average Bonchev–Trinajstić information content (AvgIpc) is 3.04. The molecule has 0 saturated carbocycles. The Hall–Kier alpha value is -2.00. The van der Waals surface area contributed by atoms with E-state index in [4.69, 9.17) is 5.73 Å². The van der Waals surface area contributed by atoms with Crippen LogP contribution in [0.4, 0.5) is 4.39 Å². The summed E-state index contributed by atoms with van der Waals surface area (Å²) in [7, 11) is -2.97. The van der Waals surface area contributed by atoms with Gasteiger partial charge in [-0.1, -0.05) is 30.3 Å². The van der Waals surface area contributed by atoms with E-state index in [1.54, 1.807) is 0 Å². The number of nitrogens with zero attached hydrogens (tertiary/aromatic N) is 1. The normalized spacial score (nSPS) is 20.1. The van der Waals surface area contributed by atoms with E-state index in [0.717, 1.165) is 30.9 Å². The van der Waals surface area contributed by atoms with E-state index in [1.165, 1.54) is 4.31 Å². The summed E-state index contributed by atoms with van der Waals surface area (Å²) < 4.78 is 45.6. The van der Waals surface area contributed by atoms with E-state index in [0.29, 0.717) is 0 Å². The third-order valence-electron chi connectivity index (χ3n) is 4.53. The first-order chi connectivity index (χ1) is 12.3. The minimum absolute atomic E-state index is 0. The summed E-state index contributed by atoms with van der Waals surface area (Å²) in [4.78, 5) is 11.5. The largest absolute Gasteiger partial charge is 0.465 e. The second-order valence-electron chi connectivity index (χ2n) is 6.14. The molecule has 0 aliphatic carbocycles. The Morgan fingerprint density at radius 3 is 2.48 bits per heavy atom. The summed E-state index contributed by atoms with van der Waals surface area (Å²) in [5.41, 5.74) is 6.89. The van der Waals surface area contributed by atoms with Gasteiger partial charge in [0, 0.05) is 25.0 Å². The lowest BCUT2D eigenvalue weighted by molar-refractivity contribution is 0.0596. The number of methoxy groups -OCH3 is 1. The molecule has 1 saturated heterocycles. The number of rotatable bonds is 4. The summed E-state index contributed by atoms with van der Waals surface area (Å²) in [5.74, 6) is -1.77. The number of carbonyl (C=O) groups excluding carboxylic acids is 1. The molecule has 2 atom stereocenters. The van der Waals surface area contributed by atoms with Crippen molar-refractivity contribution in [1.82, 2.24) is 4.31 Å². The van der Waals surface area contributed by atoms with Gasteiger partial charge in [0.15, 0.2) is 0 Å². The molecule has 6 nitrogen and oxygen atoms in total. The Morgan fingerprint density at radius 2 is 1.85 bits per heavy atom. The summed E-state index contributed by atoms with van der Waals surface area (Å²) in [6.07, 6.45) is 0. The number of nitrogens with two attached hydrogens (primary N) is 1. The van der Waals surface area contributed by atoms with Crippen molar-refractivity contribution in [1.29, 1.82) is 0 Å². The molecule has 2 N–H and O–H groups in total. The average molecular weight is 415 g/mol. The molecule has 0 aromatic heterocycles. The van der Waals surface area contributed by atoms with Crippen LogP contribution in [0.15, 0.2) is 53.4 Å². The van der Waals surface area contributed by atoms with Gasteiger partial charge in [0.05, 0.1) is 17.6 Å². The van der Waals surface area contributed by atoms with Crippen molar-refractivity contribution in [2.75, 3.05) is 20.2 Å². The van der Waals surface area contributed by atoms with Crippen LogP contribution in [0.25, 0.3) is 0 Å². The quantitative estimate of drug-likeness (QED) is 0.774. The molecule has 146 valence electrons. The molecule has 1 aliphatic heterocycles. The molecule has 1 fully saturated rings. The van der Waals surface area contributed by atoms with Crippen molar-refractivity contribution in [3.63, 3.8) is 0 Å². The number of carbonyl (C=O) groups is 1. The summed E-state index contributed by atoms with van der Waals surface area (Å²) in [6, 6.07) is 11.9. The smallest absolute Gasteiger partial charge is 0.339 e. The van der Waals surface area contributed by atoms with Gasteiger partial charge in [-0.25, -0.2) is 17.6 Å². The molecule has 9 heteroatoms. The van der Waals surface area contributed by atoms with Crippen LogP contribution in [0.3, 0.4) is 0 Å². The Labute approximate surface area is 163 Å². The maximum Gasteiger partial charge on any atom is 0.339 e.